The topological polar surface area (TPSA) is 119 Å². The van der Waals surface area contributed by atoms with E-state index in [-0.39, 0.29) is 12.6 Å². The molecular weight excluding hydrogens is 379 g/mol. The lowest BCUT2D eigenvalue weighted by Gasteiger charge is -2.27. The number of nitrogens with zero attached hydrogens (tertiary/aromatic N) is 4. The number of aromatic nitrogens is 4. The van der Waals surface area contributed by atoms with Gasteiger partial charge in [0.15, 0.2) is 5.65 Å². The van der Waals surface area contributed by atoms with E-state index in [2.05, 4.69) is 24.8 Å². The molecular formula is C19H21FN6O3. The van der Waals surface area contributed by atoms with Crippen LogP contribution in [0.2, 0.25) is 0 Å². The van der Waals surface area contributed by atoms with Crippen molar-refractivity contribution in [3.05, 3.63) is 42.1 Å². The van der Waals surface area contributed by atoms with Crippen molar-refractivity contribution in [1.29, 1.82) is 0 Å². The summed E-state index contributed by atoms with van der Waals surface area (Å²) in [5.41, 5.74) is 7.12. The Kier molecular flexibility index (Phi) is 5.15. The van der Waals surface area contributed by atoms with Gasteiger partial charge in [0.1, 0.15) is 29.9 Å². The molecule has 0 aliphatic carbocycles. The predicted octanol–water partition coefficient (Wildman–Crippen LogP) is 2.70. The molecule has 1 fully saturated rings. The molecule has 1 saturated heterocycles. The monoisotopic (exact) mass is 400 g/mol. The van der Waals surface area contributed by atoms with Gasteiger partial charge in [0, 0.05) is 12.1 Å². The molecule has 2 unspecified atom stereocenters. The quantitative estimate of drug-likeness (QED) is 0.653. The number of amides is 1. The van der Waals surface area contributed by atoms with Crippen LogP contribution in [0.3, 0.4) is 0 Å². The van der Waals surface area contributed by atoms with Crippen molar-refractivity contribution in [2.45, 2.75) is 31.9 Å². The Balaban J connectivity index is 1.60. The molecule has 0 saturated carbocycles. The number of halogens is 1. The molecule has 10 heteroatoms. The summed E-state index contributed by atoms with van der Waals surface area (Å²) in [5, 5.41) is 0. The lowest BCUT2D eigenvalue weighted by atomic mass is 10.1. The molecule has 0 radical (unpaired) electrons. The lowest BCUT2D eigenvalue weighted by molar-refractivity contribution is 0.0803. The SMILES string of the molecule is CC(COc1ncc(F)cc1C1CCCN1c1ccc2nc[nH]c2n1)OC(N)=O. The van der Waals surface area contributed by atoms with E-state index in [1.165, 1.54) is 6.07 Å². The second kappa shape index (κ2) is 7.90. The molecule has 1 aliphatic rings. The Labute approximate surface area is 166 Å². The third-order valence-corrected chi connectivity index (χ3v) is 4.79. The minimum atomic E-state index is -0.879. The molecule has 1 amide bonds. The van der Waals surface area contributed by atoms with Gasteiger partial charge in [-0.3, -0.25) is 0 Å². The summed E-state index contributed by atoms with van der Waals surface area (Å²) in [6.07, 6.45) is 2.99. The van der Waals surface area contributed by atoms with Gasteiger partial charge in [0.05, 0.1) is 18.6 Å². The molecule has 3 aromatic rings. The summed E-state index contributed by atoms with van der Waals surface area (Å²) in [6.45, 7) is 2.48. The molecule has 3 N–H and O–H groups in total. The summed E-state index contributed by atoms with van der Waals surface area (Å²) < 4.78 is 24.6. The summed E-state index contributed by atoms with van der Waals surface area (Å²) >= 11 is 0. The maximum Gasteiger partial charge on any atom is 0.404 e. The van der Waals surface area contributed by atoms with Crippen LogP contribution in [0.15, 0.2) is 30.7 Å². The number of ether oxygens (including phenoxy) is 2. The van der Waals surface area contributed by atoms with Gasteiger partial charge >= 0.3 is 6.09 Å². The first-order chi connectivity index (χ1) is 14.0. The number of hydrogen-bond acceptors (Lipinski definition) is 7. The summed E-state index contributed by atoms with van der Waals surface area (Å²) in [4.78, 5) is 28.9. The zero-order valence-corrected chi connectivity index (χ0v) is 15.8. The van der Waals surface area contributed by atoms with Crippen molar-refractivity contribution >= 4 is 23.1 Å². The number of imidazole rings is 1. The standard InChI is InChI=1S/C19H21FN6O3/c1-11(29-19(21)27)9-28-18-13(7-12(20)8-22-18)15-3-2-6-26(15)16-5-4-14-17(25-16)24-10-23-14/h4-5,7-8,10-11,15H,2-3,6,9H2,1H3,(H2,21,27)(H,23,24,25). The van der Waals surface area contributed by atoms with E-state index >= 15 is 0 Å². The van der Waals surface area contributed by atoms with Crippen LogP contribution in [-0.2, 0) is 4.74 Å². The predicted molar refractivity (Wildman–Crippen MR) is 103 cm³/mol. The van der Waals surface area contributed by atoms with E-state index < -0.39 is 18.0 Å². The molecule has 2 atom stereocenters. The lowest BCUT2D eigenvalue weighted by Crippen LogP contribution is -2.27. The van der Waals surface area contributed by atoms with Crippen molar-refractivity contribution in [3.8, 4) is 5.88 Å². The van der Waals surface area contributed by atoms with Crippen LogP contribution in [0.5, 0.6) is 5.88 Å². The van der Waals surface area contributed by atoms with Gasteiger partial charge in [-0.05, 0) is 38.0 Å². The molecule has 152 valence electrons. The number of nitrogens with one attached hydrogen (secondary N) is 1. The Morgan fingerprint density at radius 1 is 1.45 bits per heavy atom. The largest absolute Gasteiger partial charge is 0.473 e. The molecule has 0 bridgehead atoms. The van der Waals surface area contributed by atoms with E-state index in [9.17, 15) is 9.18 Å². The fourth-order valence-electron chi connectivity index (χ4n) is 3.57. The van der Waals surface area contributed by atoms with Crippen molar-refractivity contribution in [2.75, 3.05) is 18.1 Å². The van der Waals surface area contributed by atoms with Crippen LogP contribution in [-0.4, -0.2) is 45.3 Å². The van der Waals surface area contributed by atoms with Crippen LogP contribution >= 0.6 is 0 Å². The van der Waals surface area contributed by atoms with Gasteiger partial charge in [-0.2, -0.15) is 0 Å². The molecule has 4 heterocycles. The Hall–Kier alpha value is -3.43. The number of primary amides is 1. The minimum absolute atomic E-state index is 0.0552. The van der Waals surface area contributed by atoms with E-state index in [1.807, 2.05) is 12.1 Å². The average Bonchev–Trinajstić information content (AvgIpc) is 3.35. The van der Waals surface area contributed by atoms with Gasteiger partial charge in [0.2, 0.25) is 5.88 Å². The number of pyridine rings is 2. The summed E-state index contributed by atoms with van der Waals surface area (Å²) in [7, 11) is 0. The molecule has 29 heavy (non-hydrogen) atoms. The van der Waals surface area contributed by atoms with Gasteiger partial charge in [-0.25, -0.2) is 24.1 Å². The highest BCUT2D eigenvalue weighted by atomic mass is 19.1. The maximum atomic E-state index is 14.0. The highest BCUT2D eigenvalue weighted by Gasteiger charge is 2.31. The number of carbonyl (C=O) groups is 1. The van der Waals surface area contributed by atoms with Gasteiger partial charge in [0.25, 0.3) is 0 Å². The number of fused-ring (bicyclic) bond motifs is 1. The van der Waals surface area contributed by atoms with Crippen LogP contribution in [0.4, 0.5) is 15.0 Å². The normalized spacial score (nSPS) is 17.4. The first-order valence-corrected chi connectivity index (χ1v) is 9.32. The van der Waals surface area contributed by atoms with E-state index in [0.717, 1.165) is 36.9 Å². The van der Waals surface area contributed by atoms with Crippen molar-refractivity contribution in [1.82, 2.24) is 19.9 Å². The van der Waals surface area contributed by atoms with Crippen LogP contribution < -0.4 is 15.4 Å². The average molecular weight is 400 g/mol. The Morgan fingerprint density at radius 3 is 3.14 bits per heavy atom. The first kappa shape index (κ1) is 18.9. The van der Waals surface area contributed by atoms with Crippen LogP contribution in [0, 0.1) is 5.82 Å². The highest BCUT2D eigenvalue weighted by molar-refractivity contribution is 5.72. The van der Waals surface area contributed by atoms with Gasteiger partial charge < -0.3 is 25.1 Å². The Bertz CT molecular complexity index is 1030. The van der Waals surface area contributed by atoms with Gasteiger partial charge in [-0.1, -0.05) is 0 Å². The van der Waals surface area contributed by atoms with E-state index in [1.54, 1.807) is 13.3 Å². The van der Waals surface area contributed by atoms with Gasteiger partial charge in [-0.15, -0.1) is 0 Å². The Morgan fingerprint density at radius 2 is 2.31 bits per heavy atom. The fourth-order valence-corrected chi connectivity index (χ4v) is 3.57. The first-order valence-electron chi connectivity index (χ1n) is 9.32. The van der Waals surface area contributed by atoms with Crippen LogP contribution in [0.1, 0.15) is 31.4 Å². The zero-order valence-electron chi connectivity index (χ0n) is 15.8. The second-order valence-corrected chi connectivity index (χ2v) is 6.90. The number of carbonyl (C=O) groups excluding carboxylic acids is 1. The number of hydrogen-bond donors (Lipinski definition) is 2. The molecule has 3 aromatic heterocycles. The van der Waals surface area contributed by atoms with Crippen molar-refractivity contribution in [2.24, 2.45) is 5.73 Å². The molecule has 1 aliphatic heterocycles. The third-order valence-electron chi connectivity index (χ3n) is 4.79. The van der Waals surface area contributed by atoms with Crippen molar-refractivity contribution < 1.29 is 18.7 Å². The summed E-state index contributed by atoms with van der Waals surface area (Å²) in [6, 6.07) is 5.08. The fraction of sp³-hybridized carbons (Fsp3) is 0.368. The second-order valence-electron chi connectivity index (χ2n) is 6.90. The zero-order chi connectivity index (χ0) is 20.4. The number of aromatic amines is 1. The van der Waals surface area contributed by atoms with E-state index in [0.29, 0.717) is 17.1 Å². The number of rotatable bonds is 6. The minimum Gasteiger partial charge on any atom is -0.473 e. The molecule has 4 rings (SSSR count). The maximum absolute atomic E-state index is 14.0. The van der Waals surface area contributed by atoms with E-state index in [4.69, 9.17) is 15.2 Å². The van der Waals surface area contributed by atoms with Crippen molar-refractivity contribution in [3.63, 3.8) is 0 Å². The molecule has 9 nitrogen and oxygen atoms in total. The smallest absolute Gasteiger partial charge is 0.404 e. The molecule has 0 aromatic carbocycles. The number of nitrogens with two attached hydrogens (primary N) is 1. The highest BCUT2D eigenvalue weighted by Crippen LogP contribution is 2.39. The summed E-state index contributed by atoms with van der Waals surface area (Å²) in [5.74, 6) is 0.619. The molecule has 0 spiro atoms. The van der Waals surface area contributed by atoms with Crippen LogP contribution in [0.25, 0.3) is 11.2 Å². The number of anilines is 1. The number of H-pyrrole nitrogens is 1. The third kappa shape index (κ3) is 4.05.